The number of rotatable bonds is 4. The van der Waals surface area contributed by atoms with E-state index in [0.29, 0.717) is 11.7 Å². The van der Waals surface area contributed by atoms with Gasteiger partial charge < -0.3 is 10.4 Å². The molecule has 0 aliphatic rings. The van der Waals surface area contributed by atoms with E-state index in [4.69, 9.17) is 0 Å². The van der Waals surface area contributed by atoms with Crippen molar-refractivity contribution in [2.45, 2.75) is 26.7 Å². The number of nitrogens with one attached hydrogen (secondary N) is 1. The third-order valence-electron chi connectivity index (χ3n) is 3.43. The molecule has 1 atom stereocenters. The number of aromatic hydroxyl groups is 1. The second-order valence-corrected chi connectivity index (χ2v) is 5.14. The summed E-state index contributed by atoms with van der Waals surface area (Å²) in [6.07, 6.45) is 0. The number of aromatic nitrogens is 2. The van der Waals surface area contributed by atoms with Gasteiger partial charge in [-0.25, -0.2) is 9.97 Å². The summed E-state index contributed by atoms with van der Waals surface area (Å²) in [6.45, 7) is 7.10. The second-order valence-electron chi connectivity index (χ2n) is 5.14. The minimum Gasteiger partial charge on any atom is -0.508 e. The molecule has 2 rings (SSSR count). The Morgan fingerprint density at radius 3 is 2.40 bits per heavy atom. The van der Waals surface area contributed by atoms with Crippen molar-refractivity contribution in [3.8, 4) is 17.1 Å². The van der Waals surface area contributed by atoms with E-state index in [1.807, 2.05) is 27.0 Å². The van der Waals surface area contributed by atoms with Crippen LogP contribution in [0.3, 0.4) is 0 Å². The highest BCUT2D eigenvalue weighted by Gasteiger charge is 2.15. The first-order chi connectivity index (χ1) is 9.52. The smallest absolute Gasteiger partial charge is 0.159 e. The Balaban J connectivity index is 2.45. The lowest BCUT2D eigenvalue weighted by Crippen LogP contribution is -2.17. The fraction of sp³-hybridized carbons (Fsp3) is 0.375. The quantitative estimate of drug-likeness (QED) is 0.897. The predicted molar refractivity (Wildman–Crippen MR) is 80.9 cm³/mol. The van der Waals surface area contributed by atoms with Gasteiger partial charge in [-0.1, -0.05) is 19.1 Å². The summed E-state index contributed by atoms with van der Waals surface area (Å²) >= 11 is 0. The van der Waals surface area contributed by atoms with Gasteiger partial charge in [0.2, 0.25) is 0 Å². The Morgan fingerprint density at radius 2 is 1.85 bits per heavy atom. The van der Waals surface area contributed by atoms with E-state index < -0.39 is 0 Å². The van der Waals surface area contributed by atoms with E-state index in [9.17, 15) is 5.11 Å². The number of nitrogens with zero attached hydrogens (tertiary/aromatic N) is 2. The number of phenolic OH excluding ortho intramolecular Hbond substituents is 1. The van der Waals surface area contributed by atoms with Gasteiger partial charge in [-0.05, 0) is 44.5 Å². The molecule has 0 spiro atoms. The third kappa shape index (κ3) is 2.96. The number of hydrogen-bond acceptors (Lipinski definition) is 4. The highest BCUT2D eigenvalue weighted by Crippen LogP contribution is 2.25. The molecule has 1 aromatic carbocycles. The summed E-state index contributed by atoms with van der Waals surface area (Å²) in [5, 5.41) is 12.7. The Hall–Kier alpha value is -1.94. The Bertz CT molecular complexity index is 587. The minimum atomic E-state index is 0.231. The average molecular weight is 271 g/mol. The number of benzene rings is 1. The molecule has 1 aromatic heterocycles. The van der Waals surface area contributed by atoms with Crippen LogP contribution in [-0.2, 0) is 0 Å². The first-order valence-electron chi connectivity index (χ1n) is 6.82. The van der Waals surface area contributed by atoms with Crippen LogP contribution in [0.25, 0.3) is 11.4 Å². The number of hydrogen-bond donors (Lipinski definition) is 2. The number of phenols is 1. The molecule has 4 heteroatoms. The summed E-state index contributed by atoms with van der Waals surface area (Å²) in [6, 6.07) is 7.04. The van der Waals surface area contributed by atoms with Crippen LogP contribution in [0.1, 0.15) is 29.8 Å². The zero-order valence-corrected chi connectivity index (χ0v) is 12.4. The standard InChI is InChI=1S/C16H21N3O/c1-10(9-17-4)15-11(2)18-16(19-12(15)3)13-6-5-7-14(20)8-13/h5-8,10,17,20H,9H2,1-4H3. The van der Waals surface area contributed by atoms with Crippen LogP contribution in [0.4, 0.5) is 0 Å². The zero-order chi connectivity index (χ0) is 14.7. The summed E-state index contributed by atoms with van der Waals surface area (Å²) in [5.41, 5.74) is 4.03. The molecule has 0 fully saturated rings. The van der Waals surface area contributed by atoms with Gasteiger partial charge in [-0.3, -0.25) is 0 Å². The molecule has 0 bridgehead atoms. The first kappa shape index (κ1) is 14.5. The van der Waals surface area contributed by atoms with E-state index >= 15 is 0 Å². The van der Waals surface area contributed by atoms with Crippen LogP contribution < -0.4 is 5.32 Å². The van der Waals surface area contributed by atoms with Crippen molar-refractivity contribution in [3.05, 3.63) is 41.2 Å². The fourth-order valence-electron chi connectivity index (χ4n) is 2.62. The molecule has 20 heavy (non-hydrogen) atoms. The van der Waals surface area contributed by atoms with Crippen molar-refractivity contribution in [2.75, 3.05) is 13.6 Å². The Kier molecular flexibility index (Phi) is 4.35. The lowest BCUT2D eigenvalue weighted by Gasteiger charge is -2.17. The van der Waals surface area contributed by atoms with Crippen LogP contribution in [0.15, 0.2) is 24.3 Å². The van der Waals surface area contributed by atoms with Crippen LogP contribution >= 0.6 is 0 Å². The third-order valence-corrected chi connectivity index (χ3v) is 3.43. The van der Waals surface area contributed by atoms with Gasteiger partial charge in [0.1, 0.15) is 5.75 Å². The van der Waals surface area contributed by atoms with Gasteiger partial charge in [0.05, 0.1) is 0 Å². The second kappa shape index (κ2) is 6.01. The summed E-state index contributed by atoms with van der Waals surface area (Å²) < 4.78 is 0. The molecule has 0 saturated carbocycles. The molecule has 0 aliphatic heterocycles. The number of likely N-dealkylation sites (N-methyl/N-ethyl adjacent to an activating group) is 1. The van der Waals surface area contributed by atoms with E-state index in [0.717, 1.165) is 23.5 Å². The number of aryl methyl sites for hydroxylation is 2. The molecular weight excluding hydrogens is 250 g/mol. The predicted octanol–water partition coefficient (Wildman–Crippen LogP) is 2.79. The maximum absolute atomic E-state index is 9.56. The van der Waals surface area contributed by atoms with Gasteiger partial charge in [-0.15, -0.1) is 0 Å². The van der Waals surface area contributed by atoms with E-state index in [1.165, 1.54) is 5.56 Å². The maximum Gasteiger partial charge on any atom is 0.159 e. The van der Waals surface area contributed by atoms with E-state index in [1.54, 1.807) is 18.2 Å². The largest absolute Gasteiger partial charge is 0.508 e. The summed E-state index contributed by atoms with van der Waals surface area (Å²) in [4.78, 5) is 9.20. The van der Waals surface area contributed by atoms with E-state index in [-0.39, 0.29) is 5.75 Å². The lowest BCUT2D eigenvalue weighted by atomic mass is 9.98. The summed E-state index contributed by atoms with van der Waals surface area (Å²) in [5.74, 6) is 1.27. The zero-order valence-electron chi connectivity index (χ0n) is 12.4. The highest BCUT2D eigenvalue weighted by atomic mass is 16.3. The molecule has 2 aromatic rings. The lowest BCUT2D eigenvalue weighted by molar-refractivity contribution is 0.475. The van der Waals surface area contributed by atoms with Crippen LogP contribution in [0, 0.1) is 13.8 Å². The molecule has 1 unspecified atom stereocenters. The molecule has 0 saturated heterocycles. The highest BCUT2D eigenvalue weighted by molar-refractivity contribution is 5.58. The van der Waals surface area contributed by atoms with Gasteiger partial charge in [-0.2, -0.15) is 0 Å². The van der Waals surface area contributed by atoms with Crippen molar-refractivity contribution in [3.63, 3.8) is 0 Å². The van der Waals surface area contributed by atoms with Gasteiger partial charge in [0, 0.05) is 23.5 Å². The molecule has 0 amide bonds. The minimum absolute atomic E-state index is 0.231. The first-order valence-corrected chi connectivity index (χ1v) is 6.82. The van der Waals surface area contributed by atoms with Crippen LogP contribution in [-0.4, -0.2) is 28.7 Å². The molecule has 106 valence electrons. The molecular formula is C16H21N3O. The maximum atomic E-state index is 9.56. The fourth-order valence-corrected chi connectivity index (χ4v) is 2.62. The monoisotopic (exact) mass is 271 g/mol. The average Bonchev–Trinajstić information content (AvgIpc) is 2.38. The molecule has 0 aliphatic carbocycles. The van der Waals surface area contributed by atoms with E-state index in [2.05, 4.69) is 22.2 Å². The molecule has 1 heterocycles. The van der Waals surface area contributed by atoms with Crippen molar-refractivity contribution in [2.24, 2.45) is 0 Å². The van der Waals surface area contributed by atoms with Crippen molar-refractivity contribution in [1.29, 1.82) is 0 Å². The molecule has 4 nitrogen and oxygen atoms in total. The Morgan fingerprint density at radius 1 is 1.20 bits per heavy atom. The van der Waals surface area contributed by atoms with Gasteiger partial charge in [0.25, 0.3) is 0 Å². The molecule has 0 radical (unpaired) electrons. The van der Waals surface area contributed by atoms with Crippen molar-refractivity contribution < 1.29 is 5.11 Å². The van der Waals surface area contributed by atoms with Crippen LogP contribution in [0.5, 0.6) is 5.75 Å². The van der Waals surface area contributed by atoms with Gasteiger partial charge in [0.15, 0.2) is 5.82 Å². The summed E-state index contributed by atoms with van der Waals surface area (Å²) in [7, 11) is 1.95. The Labute approximate surface area is 119 Å². The van der Waals surface area contributed by atoms with Gasteiger partial charge >= 0.3 is 0 Å². The van der Waals surface area contributed by atoms with Crippen molar-refractivity contribution >= 4 is 0 Å². The topological polar surface area (TPSA) is 58.0 Å². The van der Waals surface area contributed by atoms with Crippen LogP contribution in [0.2, 0.25) is 0 Å². The SMILES string of the molecule is CNCC(C)c1c(C)nc(-c2cccc(O)c2)nc1C. The normalized spacial score (nSPS) is 12.4. The molecule has 2 N–H and O–H groups in total. The van der Waals surface area contributed by atoms with Crippen molar-refractivity contribution in [1.82, 2.24) is 15.3 Å².